The molecule has 2 amide bonds. The highest BCUT2D eigenvalue weighted by atomic mass is 16.5. The van der Waals surface area contributed by atoms with E-state index in [1.54, 1.807) is 30.2 Å². The first-order chi connectivity index (χ1) is 13.0. The Morgan fingerprint density at radius 2 is 1.63 bits per heavy atom. The van der Waals surface area contributed by atoms with Crippen molar-refractivity contribution in [3.05, 3.63) is 54.1 Å². The van der Waals surface area contributed by atoms with Crippen LogP contribution in [0.25, 0.3) is 0 Å². The zero-order valence-corrected chi connectivity index (χ0v) is 16.3. The Morgan fingerprint density at radius 3 is 2.19 bits per heavy atom. The van der Waals surface area contributed by atoms with E-state index >= 15 is 0 Å². The number of hydrogen-bond acceptors (Lipinski definition) is 4. The molecule has 0 aliphatic heterocycles. The zero-order chi connectivity index (χ0) is 19.8. The molecule has 0 fully saturated rings. The molecule has 0 saturated carbocycles. The van der Waals surface area contributed by atoms with Crippen LogP contribution in [-0.4, -0.2) is 44.0 Å². The maximum absolute atomic E-state index is 12.8. The Hall–Kier alpha value is -3.02. The molecular weight excluding hydrogens is 344 g/mol. The van der Waals surface area contributed by atoms with Gasteiger partial charge in [-0.25, -0.2) is 0 Å². The molecule has 0 heterocycles. The summed E-state index contributed by atoms with van der Waals surface area (Å²) in [5.74, 6) is 0.735. The maximum atomic E-state index is 12.8. The van der Waals surface area contributed by atoms with Crippen molar-refractivity contribution in [3.63, 3.8) is 0 Å². The van der Waals surface area contributed by atoms with Gasteiger partial charge in [-0.3, -0.25) is 9.59 Å². The van der Waals surface area contributed by atoms with E-state index in [0.29, 0.717) is 30.3 Å². The van der Waals surface area contributed by atoms with E-state index < -0.39 is 0 Å². The minimum atomic E-state index is -0.216. The van der Waals surface area contributed by atoms with Crippen LogP contribution in [-0.2, 0) is 16.1 Å². The molecule has 0 aromatic heterocycles. The van der Waals surface area contributed by atoms with E-state index in [1.165, 1.54) is 18.9 Å². The van der Waals surface area contributed by atoms with E-state index in [9.17, 15) is 9.59 Å². The molecule has 0 aliphatic rings. The first-order valence-corrected chi connectivity index (χ1v) is 8.82. The number of hydrogen-bond donors (Lipinski definition) is 0. The second-order valence-electron chi connectivity index (χ2n) is 6.04. The molecule has 2 rings (SSSR count). The van der Waals surface area contributed by atoms with Gasteiger partial charge >= 0.3 is 0 Å². The van der Waals surface area contributed by atoms with Crippen LogP contribution in [0.2, 0.25) is 0 Å². The molecule has 27 heavy (non-hydrogen) atoms. The summed E-state index contributed by atoms with van der Waals surface area (Å²) in [5, 5.41) is 0. The van der Waals surface area contributed by atoms with E-state index in [-0.39, 0.29) is 18.4 Å². The lowest BCUT2D eigenvalue weighted by Gasteiger charge is -2.27. The number of amides is 2. The van der Waals surface area contributed by atoms with Crippen molar-refractivity contribution < 1.29 is 19.1 Å². The first kappa shape index (κ1) is 20.3. The van der Waals surface area contributed by atoms with Crippen molar-refractivity contribution in [1.29, 1.82) is 0 Å². The highest BCUT2D eigenvalue weighted by Gasteiger charge is 2.21. The minimum absolute atomic E-state index is 0.0362. The molecule has 144 valence electrons. The van der Waals surface area contributed by atoms with Crippen LogP contribution in [0.1, 0.15) is 19.4 Å². The predicted octanol–water partition coefficient (Wildman–Crippen LogP) is 3.11. The number of methoxy groups -OCH3 is 2. The largest absolute Gasteiger partial charge is 0.493 e. The first-order valence-electron chi connectivity index (χ1n) is 8.82. The number of benzene rings is 2. The van der Waals surface area contributed by atoms with Gasteiger partial charge in [-0.2, -0.15) is 0 Å². The fraction of sp³-hybridized carbons (Fsp3) is 0.333. The minimum Gasteiger partial charge on any atom is -0.493 e. The van der Waals surface area contributed by atoms with Crippen molar-refractivity contribution in [3.8, 4) is 11.5 Å². The molecule has 0 unspecified atom stereocenters. The summed E-state index contributed by atoms with van der Waals surface area (Å²) in [6, 6.07) is 14.9. The smallest absolute Gasteiger partial charge is 0.242 e. The van der Waals surface area contributed by atoms with Crippen LogP contribution in [0.15, 0.2) is 48.5 Å². The van der Waals surface area contributed by atoms with Crippen molar-refractivity contribution in [1.82, 2.24) is 4.90 Å². The number of carbonyl (C=O) groups is 2. The molecular formula is C21H26N2O4. The van der Waals surface area contributed by atoms with Crippen LogP contribution in [0.4, 0.5) is 5.69 Å². The van der Waals surface area contributed by atoms with Gasteiger partial charge in [0.15, 0.2) is 11.5 Å². The van der Waals surface area contributed by atoms with Gasteiger partial charge < -0.3 is 19.3 Å². The Labute approximate surface area is 160 Å². The third-order valence-corrected chi connectivity index (χ3v) is 4.30. The van der Waals surface area contributed by atoms with E-state index in [0.717, 1.165) is 5.56 Å². The lowest BCUT2D eigenvalue weighted by atomic mass is 10.2. The van der Waals surface area contributed by atoms with Crippen molar-refractivity contribution in [2.45, 2.75) is 20.4 Å². The molecule has 0 aliphatic carbocycles. The lowest BCUT2D eigenvalue weighted by Crippen LogP contribution is -2.42. The molecule has 0 radical (unpaired) electrons. The predicted molar refractivity (Wildman–Crippen MR) is 105 cm³/mol. The number of likely N-dealkylation sites (N-methyl/N-ethyl adjacent to an activating group) is 1. The Balaban J connectivity index is 2.19. The van der Waals surface area contributed by atoms with Gasteiger partial charge in [-0.15, -0.1) is 0 Å². The Kier molecular flexibility index (Phi) is 7.23. The third-order valence-electron chi connectivity index (χ3n) is 4.30. The molecule has 6 heteroatoms. The normalized spacial score (nSPS) is 10.2. The summed E-state index contributed by atoms with van der Waals surface area (Å²) in [7, 11) is 3.08. The highest BCUT2D eigenvalue weighted by Crippen LogP contribution is 2.31. The summed E-state index contributed by atoms with van der Waals surface area (Å²) in [6.07, 6.45) is 0. The van der Waals surface area contributed by atoms with Gasteiger partial charge in [-0.05, 0) is 24.6 Å². The summed E-state index contributed by atoms with van der Waals surface area (Å²) >= 11 is 0. The average molecular weight is 370 g/mol. The summed E-state index contributed by atoms with van der Waals surface area (Å²) in [6.45, 7) is 4.40. The summed E-state index contributed by atoms with van der Waals surface area (Å²) < 4.78 is 10.5. The van der Waals surface area contributed by atoms with Crippen molar-refractivity contribution in [2.75, 3.05) is 32.2 Å². The van der Waals surface area contributed by atoms with Crippen molar-refractivity contribution >= 4 is 17.5 Å². The van der Waals surface area contributed by atoms with Gasteiger partial charge in [0.25, 0.3) is 0 Å². The number of rotatable bonds is 8. The van der Waals surface area contributed by atoms with Gasteiger partial charge in [0, 0.05) is 31.8 Å². The third kappa shape index (κ3) is 5.23. The standard InChI is InChI=1S/C21H26N2O4/c1-5-22(14-17-9-7-6-8-10-17)21(25)15-23(16(2)24)18-11-12-19(26-3)20(13-18)27-4/h6-13H,5,14-15H2,1-4H3. The van der Waals surface area contributed by atoms with Gasteiger partial charge in [0.1, 0.15) is 6.54 Å². The lowest BCUT2D eigenvalue weighted by molar-refractivity contribution is -0.131. The number of carbonyl (C=O) groups excluding carboxylic acids is 2. The number of ether oxygens (including phenoxy) is 2. The molecule has 0 atom stereocenters. The van der Waals surface area contributed by atoms with Crippen LogP contribution >= 0.6 is 0 Å². The SMILES string of the molecule is CCN(Cc1ccccc1)C(=O)CN(C(C)=O)c1ccc(OC)c(OC)c1. The van der Waals surface area contributed by atoms with E-state index in [1.807, 2.05) is 37.3 Å². The fourth-order valence-electron chi connectivity index (χ4n) is 2.79. The van der Waals surface area contributed by atoms with Crippen LogP contribution in [0.3, 0.4) is 0 Å². The highest BCUT2D eigenvalue weighted by molar-refractivity contribution is 5.97. The molecule has 0 saturated heterocycles. The average Bonchev–Trinajstić information content (AvgIpc) is 2.70. The number of nitrogens with zero attached hydrogens (tertiary/aromatic N) is 2. The summed E-state index contributed by atoms with van der Waals surface area (Å²) in [4.78, 5) is 28.2. The monoisotopic (exact) mass is 370 g/mol. The molecule has 2 aromatic carbocycles. The molecule has 2 aromatic rings. The fourth-order valence-corrected chi connectivity index (χ4v) is 2.79. The Morgan fingerprint density at radius 1 is 0.963 bits per heavy atom. The molecule has 0 bridgehead atoms. The Bertz CT molecular complexity index is 777. The topological polar surface area (TPSA) is 59.1 Å². The second kappa shape index (κ2) is 9.62. The van der Waals surface area contributed by atoms with Crippen molar-refractivity contribution in [2.24, 2.45) is 0 Å². The maximum Gasteiger partial charge on any atom is 0.242 e. The van der Waals surface area contributed by atoms with Crippen LogP contribution in [0, 0.1) is 0 Å². The van der Waals surface area contributed by atoms with Gasteiger partial charge in [0.2, 0.25) is 11.8 Å². The van der Waals surface area contributed by atoms with Crippen LogP contribution < -0.4 is 14.4 Å². The zero-order valence-electron chi connectivity index (χ0n) is 16.3. The van der Waals surface area contributed by atoms with Gasteiger partial charge in [0.05, 0.1) is 14.2 Å². The van der Waals surface area contributed by atoms with Gasteiger partial charge in [-0.1, -0.05) is 30.3 Å². The molecule has 0 N–H and O–H groups in total. The van der Waals surface area contributed by atoms with Crippen LogP contribution in [0.5, 0.6) is 11.5 Å². The summed E-state index contributed by atoms with van der Waals surface area (Å²) in [5.41, 5.74) is 1.64. The molecule has 0 spiro atoms. The second-order valence-corrected chi connectivity index (χ2v) is 6.04. The quantitative estimate of drug-likeness (QED) is 0.716. The molecule has 6 nitrogen and oxygen atoms in total. The van der Waals surface area contributed by atoms with E-state index in [2.05, 4.69) is 0 Å². The number of anilines is 1. The van der Waals surface area contributed by atoms with E-state index in [4.69, 9.17) is 9.47 Å².